The summed E-state index contributed by atoms with van der Waals surface area (Å²) >= 11 is 0. The van der Waals surface area contributed by atoms with E-state index in [0.717, 1.165) is 10.5 Å². The number of ether oxygens (including phenoxy) is 1. The number of carbonyl (C=O) groups excluding carboxylic acids is 3. The molecule has 0 atom stereocenters. The number of rotatable bonds is 5. The van der Waals surface area contributed by atoms with Crippen LogP contribution in [-0.4, -0.2) is 39.2 Å². The average molecular weight is 389 g/mol. The molecule has 0 N–H and O–H groups in total. The van der Waals surface area contributed by atoms with Gasteiger partial charge < -0.3 is 4.74 Å². The molecule has 0 saturated carbocycles. The molecule has 1 aromatic heterocycles. The Kier molecular flexibility index (Phi) is 4.72. The monoisotopic (exact) mass is 389 g/mol. The first-order chi connectivity index (χ1) is 14.0. The highest BCUT2D eigenvalue weighted by Crippen LogP contribution is 2.23. The maximum Gasteiger partial charge on any atom is 0.343 e. The highest BCUT2D eigenvalue weighted by Gasteiger charge is 2.36. The number of carbonyl (C=O) groups is 3. The molecule has 29 heavy (non-hydrogen) atoms. The third-order valence-corrected chi connectivity index (χ3v) is 4.96. The molecule has 0 spiro atoms. The zero-order chi connectivity index (χ0) is 20.5. The highest BCUT2D eigenvalue weighted by atomic mass is 16.5. The largest absolute Gasteiger partial charge is 0.440 e. The van der Waals surface area contributed by atoms with Gasteiger partial charge in [0.1, 0.15) is 5.56 Å². The summed E-state index contributed by atoms with van der Waals surface area (Å²) in [5, 5.41) is 4.44. The third-order valence-electron chi connectivity index (χ3n) is 4.96. The number of aromatic nitrogens is 2. The number of nitrogens with zero attached hydrogens (tertiary/aromatic N) is 3. The first-order valence-corrected chi connectivity index (χ1v) is 9.17. The quantitative estimate of drug-likeness (QED) is 0.495. The minimum absolute atomic E-state index is 0.316. The summed E-state index contributed by atoms with van der Waals surface area (Å²) in [6, 6.07) is 16.3. The fourth-order valence-corrected chi connectivity index (χ4v) is 3.45. The van der Waals surface area contributed by atoms with Gasteiger partial charge in [-0.2, -0.15) is 5.10 Å². The Balaban J connectivity index is 1.48. The van der Waals surface area contributed by atoms with Crippen LogP contribution in [0.5, 0.6) is 0 Å². The Labute approximate surface area is 167 Å². The molecule has 0 saturated heterocycles. The van der Waals surface area contributed by atoms with Crippen LogP contribution < -0.4 is 0 Å². The molecule has 146 valence electrons. The number of benzene rings is 2. The zero-order valence-corrected chi connectivity index (χ0v) is 16.1. The lowest BCUT2D eigenvalue weighted by Gasteiger charge is -2.14. The Morgan fingerprint density at radius 1 is 0.931 bits per heavy atom. The Morgan fingerprint density at radius 2 is 1.52 bits per heavy atom. The van der Waals surface area contributed by atoms with E-state index in [2.05, 4.69) is 5.10 Å². The predicted octanol–water partition coefficient (Wildman–Crippen LogP) is 2.96. The van der Waals surface area contributed by atoms with Crippen molar-refractivity contribution < 1.29 is 19.1 Å². The second-order valence-corrected chi connectivity index (χ2v) is 6.83. The number of hydrogen-bond acceptors (Lipinski definition) is 5. The summed E-state index contributed by atoms with van der Waals surface area (Å²) in [5.41, 5.74) is 3.24. The van der Waals surface area contributed by atoms with E-state index in [1.54, 1.807) is 42.8 Å². The molecular weight excluding hydrogens is 370 g/mol. The fraction of sp³-hybridized carbons (Fsp3) is 0.182. The van der Waals surface area contributed by atoms with E-state index < -0.39 is 24.5 Å². The molecule has 3 aromatic rings. The Hall–Kier alpha value is -3.74. The van der Waals surface area contributed by atoms with Gasteiger partial charge in [-0.05, 0) is 31.5 Å². The molecule has 1 aliphatic heterocycles. The van der Waals surface area contributed by atoms with Crippen molar-refractivity contribution in [3.63, 3.8) is 0 Å². The number of amides is 2. The van der Waals surface area contributed by atoms with Crippen LogP contribution in [0.15, 0.2) is 54.6 Å². The highest BCUT2D eigenvalue weighted by molar-refractivity contribution is 6.21. The summed E-state index contributed by atoms with van der Waals surface area (Å²) in [5.74, 6) is -1.55. The Bertz CT molecular complexity index is 1080. The number of esters is 1. The molecule has 7 heteroatoms. The smallest absolute Gasteiger partial charge is 0.343 e. The molecule has 0 fully saturated rings. The zero-order valence-electron chi connectivity index (χ0n) is 16.1. The number of aryl methyl sites for hydroxylation is 1. The van der Waals surface area contributed by atoms with Crippen LogP contribution in [0, 0.1) is 13.8 Å². The first kappa shape index (κ1) is 18.6. The van der Waals surface area contributed by atoms with Gasteiger partial charge in [0.2, 0.25) is 0 Å². The van der Waals surface area contributed by atoms with Gasteiger partial charge >= 0.3 is 5.97 Å². The Morgan fingerprint density at radius 3 is 2.14 bits per heavy atom. The van der Waals surface area contributed by atoms with Crippen LogP contribution in [-0.2, 0) is 11.3 Å². The molecule has 2 heterocycles. The molecule has 4 rings (SSSR count). The molecule has 2 aromatic carbocycles. The van der Waals surface area contributed by atoms with E-state index in [1.165, 1.54) is 0 Å². The van der Waals surface area contributed by atoms with Gasteiger partial charge in [0, 0.05) is 0 Å². The summed E-state index contributed by atoms with van der Waals surface area (Å²) in [6.45, 7) is 3.61. The van der Waals surface area contributed by atoms with Gasteiger partial charge in [-0.25, -0.2) is 9.69 Å². The van der Waals surface area contributed by atoms with E-state index in [4.69, 9.17) is 4.74 Å². The van der Waals surface area contributed by atoms with Crippen molar-refractivity contribution >= 4 is 17.8 Å². The molecule has 7 nitrogen and oxygen atoms in total. The lowest BCUT2D eigenvalue weighted by molar-refractivity contribution is 0.0227. The maximum atomic E-state index is 12.7. The van der Waals surface area contributed by atoms with Crippen molar-refractivity contribution in [2.24, 2.45) is 0 Å². The topological polar surface area (TPSA) is 81.5 Å². The molecule has 0 radical (unpaired) electrons. The van der Waals surface area contributed by atoms with Crippen LogP contribution >= 0.6 is 0 Å². The fourth-order valence-electron chi connectivity index (χ4n) is 3.45. The van der Waals surface area contributed by atoms with Crippen LogP contribution in [0.1, 0.15) is 48.0 Å². The predicted molar refractivity (Wildman–Crippen MR) is 104 cm³/mol. The lowest BCUT2D eigenvalue weighted by atomic mass is 10.1. The number of hydrogen-bond donors (Lipinski definition) is 0. The standard InChI is InChI=1S/C22H19N3O4/c1-14-19(15(2)25(23-14)12-16-8-4-3-5-9-16)22(28)29-13-24-20(26)17-10-6-7-11-18(17)21(24)27/h3-11H,12-13H2,1-2H3. The van der Waals surface area contributed by atoms with E-state index in [9.17, 15) is 14.4 Å². The van der Waals surface area contributed by atoms with Crippen LogP contribution in [0.4, 0.5) is 0 Å². The maximum absolute atomic E-state index is 12.7. The van der Waals surface area contributed by atoms with Gasteiger partial charge in [-0.1, -0.05) is 42.5 Å². The molecule has 1 aliphatic rings. The number of imide groups is 1. The van der Waals surface area contributed by atoms with E-state index in [-0.39, 0.29) is 0 Å². The van der Waals surface area contributed by atoms with E-state index >= 15 is 0 Å². The second-order valence-electron chi connectivity index (χ2n) is 6.83. The van der Waals surface area contributed by atoms with Crippen molar-refractivity contribution in [1.29, 1.82) is 0 Å². The number of fused-ring (bicyclic) bond motifs is 1. The van der Waals surface area contributed by atoms with Gasteiger partial charge in [0.05, 0.1) is 29.1 Å². The van der Waals surface area contributed by atoms with Crippen molar-refractivity contribution in [3.05, 3.63) is 88.2 Å². The SMILES string of the molecule is Cc1nn(Cc2ccccc2)c(C)c1C(=O)OCN1C(=O)c2ccccc2C1=O. The van der Waals surface area contributed by atoms with Gasteiger partial charge in [0.25, 0.3) is 11.8 Å². The van der Waals surface area contributed by atoms with Crippen LogP contribution in [0.3, 0.4) is 0 Å². The molecule has 0 unspecified atom stereocenters. The summed E-state index contributed by atoms with van der Waals surface area (Å²) in [6.07, 6.45) is 0. The van der Waals surface area contributed by atoms with Crippen LogP contribution in [0.2, 0.25) is 0 Å². The molecule has 2 amide bonds. The molecule has 0 aliphatic carbocycles. The van der Waals surface area contributed by atoms with Gasteiger partial charge in [0.15, 0.2) is 6.73 Å². The normalized spacial score (nSPS) is 13.0. The first-order valence-electron chi connectivity index (χ1n) is 9.17. The minimum atomic E-state index is -0.615. The third kappa shape index (κ3) is 3.31. The van der Waals surface area contributed by atoms with Crippen LogP contribution in [0.25, 0.3) is 0 Å². The van der Waals surface area contributed by atoms with E-state index in [0.29, 0.717) is 34.6 Å². The second kappa shape index (κ2) is 7.35. The van der Waals surface area contributed by atoms with Crippen molar-refractivity contribution in [3.8, 4) is 0 Å². The summed E-state index contributed by atoms with van der Waals surface area (Å²) in [4.78, 5) is 38.4. The summed E-state index contributed by atoms with van der Waals surface area (Å²) in [7, 11) is 0. The van der Waals surface area contributed by atoms with Gasteiger partial charge in [-0.15, -0.1) is 0 Å². The van der Waals surface area contributed by atoms with Gasteiger partial charge in [-0.3, -0.25) is 14.3 Å². The van der Waals surface area contributed by atoms with Crippen molar-refractivity contribution in [2.45, 2.75) is 20.4 Å². The van der Waals surface area contributed by atoms with E-state index in [1.807, 2.05) is 30.3 Å². The minimum Gasteiger partial charge on any atom is -0.440 e. The lowest BCUT2D eigenvalue weighted by Crippen LogP contribution is -2.33. The van der Waals surface area contributed by atoms with Crippen molar-refractivity contribution in [1.82, 2.24) is 14.7 Å². The molecule has 0 bridgehead atoms. The van der Waals surface area contributed by atoms with Crippen molar-refractivity contribution in [2.75, 3.05) is 6.73 Å². The average Bonchev–Trinajstić information content (AvgIpc) is 3.14. The summed E-state index contributed by atoms with van der Waals surface area (Å²) < 4.78 is 7.04. The molecular formula is C22H19N3O4.